The highest BCUT2D eigenvalue weighted by Gasteiger charge is 2.25. The van der Waals surface area contributed by atoms with Gasteiger partial charge in [0.05, 0.1) is 0 Å². The summed E-state index contributed by atoms with van der Waals surface area (Å²) in [4.78, 5) is 27.5. The number of amides is 2. The van der Waals surface area contributed by atoms with E-state index in [-0.39, 0.29) is 11.8 Å². The average Bonchev–Trinajstić information content (AvgIpc) is 2.49. The van der Waals surface area contributed by atoms with Crippen molar-refractivity contribution in [3.63, 3.8) is 0 Å². The molecule has 0 aromatic carbocycles. The van der Waals surface area contributed by atoms with Crippen LogP contribution in [0.5, 0.6) is 0 Å². The van der Waals surface area contributed by atoms with E-state index in [2.05, 4.69) is 4.98 Å². The first kappa shape index (κ1) is 8.62. The first-order valence-corrected chi connectivity index (χ1v) is 4.17. The van der Waals surface area contributed by atoms with Gasteiger partial charge in [-0.25, -0.2) is 9.88 Å². The van der Waals surface area contributed by atoms with Gasteiger partial charge in [-0.3, -0.25) is 9.59 Å². The number of imide groups is 1. The number of carbonyl (C=O) groups excluding carboxylic acids is 2. The molecule has 0 aliphatic carbocycles. The fraction of sp³-hybridized carbons (Fsp3) is 0.100. The predicted octanol–water partition coefficient (Wildman–Crippen LogP) is 0.819. The molecule has 1 aromatic heterocycles. The Morgan fingerprint density at radius 1 is 1.14 bits per heavy atom. The Morgan fingerprint density at radius 3 is 2.29 bits per heavy atom. The van der Waals surface area contributed by atoms with E-state index < -0.39 is 0 Å². The average molecular weight is 188 g/mol. The Morgan fingerprint density at radius 2 is 1.79 bits per heavy atom. The SMILES string of the molecule is Cc1ccc(N2C(=O)C=CC2=O)nc1. The van der Waals surface area contributed by atoms with Gasteiger partial charge in [-0.1, -0.05) is 6.07 Å². The number of hydrogen-bond donors (Lipinski definition) is 0. The minimum absolute atomic E-state index is 0.341. The molecule has 0 unspecified atom stereocenters. The van der Waals surface area contributed by atoms with Crippen molar-refractivity contribution in [2.75, 3.05) is 4.90 Å². The van der Waals surface area contributed by atoms with Crippen molar-refractivity contribution in [2.45, 2.75) is 6.92 Å². The van der Waals surface area contributed by atoms with Crippen LogP contribution in [0.15, 0.2) is 30.5 Å². The quantitative estimate of drug-likeness (QED) is 0.613. The number of anilines is 1. The highest BCUT2D eigenvalue weighted by molar-refractivity contribution is 6.27. The van der Waals surface area contributed by atoms with Gasteiger partial charge in [0, 0.05) is 18.3 Å². The number of rotatable bonds is 1. The summed E-state index contributed by atoms with van der Waals surface area (Å²) in [6.45, 7) is 1.89. The second kappa shape index (κ2) is 3.06. The Bertz CT molecular complexity index is 402. The van der Waals surface area contributed by atoms with Crippen molar-refractivity contribution in [3.8, 4) is 0 Å². The maximum Gasteiger partial charge on any atom is 0.259 e. The van der Waals surface area contributed by atoms with Crippen LogP contribution in [0.1, 0.15) is 5.56 Å². The molecule has 0 bridgehead atoms. The molecule has 0 saturated carbocycles. The fourth-order valence-corrected chi connectivity index (χ4v) is 1.22. The molecule has 1 aromatic rings. The van der Waals surface area contributed by atoms with E-state index in [1.165, 1.54) is 12.2 Å². The molecule has 1 aliphatic heterocycles. The molecule has 0 radical (unpaired) electrons. The molecule has 4 nitrogen and oxygen atoms in total. The smallest absolute Gasteiger partial charge is 0.259 e. The molecule has 14 heavy (non-hydrogen) atoms. The molecule has 2 heterocycles. The van der Waals surface area contributed by atoms with E-state index in [1.54, 1.807) is 18.3 Å². The maximum absolute atomic E-state index is 11.2. The number of aromatic nitrogens is 1. The van der Waals surface area contributed by atoms with Crippen LogP contribution in [0.4, 0.5) is 5.82 Å². The second-order valence-corrected chi connectivity index (χ2v) is 3.04. The van der Waals surface area contributed by atoms with Crippen LogP contribution in [0.3, 0.4) is 0 Å². The van der Waals surface area contributed by atoms with E-state index in [1.807, 2.05) is 6.92 Å². The van der Waals surface area contributed by atoms with Crippen LogP contribution in [0.25, 0.3) is 0 Å². The summed E-state index contributed by atoms with van der Waals surface area (Å²) in [5, 5.41) is 0. The van der Waals surface area contributed by atoms with Crippen LogP contribution in [0.2, 0.25) is 0 Å². The summed E-state index contributed by atoms with van der Waals surface area (Å²) in [6, 6.07) is 3.46. The maximum atomic E-state index is 11.2. The molecule has 0 fully saturated rings. The molecule has 0 N–H and O–H groups in total. The van der Waals surface area contributed by atoms with Crippen molar-refractivity contribution < 1.29 is 9.59 Å². The van der Waals surface area contributed by atoms with Gasteiger partial charge in [0.2, 0.25) is 0 Å². The molecule has 0 spiro atoms. The molecule has 2 amide bonds. The number of pyridine rings is 1. The van der Waals surface area contributed by atoms with Crippen molar-refractivity contribution in [1.82, 2.24) is 4.98 Å². The lowest BCUT2D eigenvalue weighted by atomic mass is 10.3. The molecule has 2 rings (SSSR count). The van der Waals surface area contributed by atoms with Crippen molar-refractivity contribution in [1.29, 1.82) is 0 Å². The Labute approximate surface area is 80.9 Å². The zero-order valence-corrected chi connectivity index (χ0v) is 7.60. The summed E-state index contributed by atoms with van der Waals surface area (Å²) in [6.07, 6.45) is 4.10. The third-order valence-corrected chi connectivity index (χ3v) is 1.93. The Kier molecular flexibility index (Phi) is 1.89. The summed E-state index contributed by atoms with van der Waals surface area (Å²) >= 11 is 0. The minimum atomic E-state index is -0.341. The predicted molar refractivity (Wildman–Crippen MR) is 50.6 cm³/mol. The van der Waals surface area contributed by atoms with Gasteiger partial charge >= 0.3 is 0 Å². The summed E-state index contributed by atoms with van der Waals surface area (Å²) in [7, 11) is 0. The summed E-state index contributed by atoms with van der Waals surface area (Å²) in [5.74, 6) is -0.312. The van der Waals surface area contributed by atoms with Gasteiger partial charge in [-0.05, 0) is 18.6 Å². The first-order chi connectivity index (χ1) is 6.68. The standard InChI is InChI=1S/C10H8N2O2/c1-7-2-3-8(11-6-7)12-9(13)4-5-10(12)14/h2-6H,1H3. The van der Waals surface area contributed by atoms with Crippen LogP contribution >= 0.6 is 0 Å². The van der Waals surface area contributed by atoms with Gasteiger partial charge in [0.1, 0.15) is 5.82 Å². The monoisotopic (exact) mass is 188 g/mol. The number of carbonyl (C=O) groups is 2. The Balaban J connectivity index is 2.36. The summed E-state index contributed by atoms with van der Waals surface area (Å²) in [5.41, 5.74) is 0.987. The van der Waals surface area contributed by atoms with Crippen LogP contribution in [0, 0.1) is 6.92 Å². The van der Waals surface area contributed by atoms with E-state index in [0.29, 0.717) is 5.82 Å². The van der Waals surface area contributed by atoms with E-state index in [4.69, 9.17) is 0 Å². The molecule has 4 heteroatoms. The van der Waals surface area contributed by atoms with Gasteiger partial charge in [-0.15, -0.1) is 0 Å². The molecule has 0 atom stereocenters. The first-order valence-electron chi connectivity index (χ1n) is 4.17. The zero-order valence-electron chi connectivity index (χ0n) is 7.60. The van der Waals surface area contributed by atoms with Crippen LogP contribution in [-0.4, -0.2) is 16.8 Å². The lowest BCUT2D eigenvalue weighted by Crippen LogP contribution is -2.30. The van der Waals surface area contributed by atoms with Crippen LogP contribution in [-0.2, 0) is 9.59 Å². The number of aryl methyl sites for hydroxylation is 1. The van der Waals surface area contributed by atoms with Gasteiger partial charge in [0.25, 0.3) is 11.8 Å². The van der Waals surface area contributed by atoms with Gasteiger partial charge < -0.3 is 0 Å². The number of nitrogens with zero attached hydrogens (tertiary/aromatic N) is 2. The van der Waals surface area contributed by atoms with Crippen molar-refractivity contribution in [3.05, 3.63) is 36.0 Å². The van der Waals surface area contributed by atoms with Crippen molar-refractivity contribution in [2.24, 2.45) is 0 Å². The third kappa shape index (κ3) is 1.31. The Hall–Kier alpha value is -1.97. The number of hydrogen-bond acceptors (Lipinski definition) is 3. The topological polar surface area (TPSA) is 50.3 Å². The van der Waals surface area contributed by atoms with Gasteiger partial charge in [0.15, 0.2) is 0 Å². The summed E-state index contributed by atoms with van der Waals surface area (Å²) < 4.78 is 0. The largest absolute Gasteiger partial charge is 0.269 e. The molecule has 0 saturated heterocycles. The van der Waals surface area contributed by atoms with E-state index in [9.17, 15) is 9.59 Å². The highest BCUT2D eigenvalue weighted by Crippen LogP contribution is 2.15. The zero-order chi connectivity index (χ0) is 10.1. The minimum Gasteiger partial charge on any atom is -0.269 e. The van der Waals surface area contributed by atoms with Crippen LogP contribution < -0.4 is 4.90 Å². The molecular weight excluding hydrogens is 180 g/mol. The lowest BCUT2D eigenvalue weighted by molar-refractivity contribution is -0.120. The molecule has 1 aliphatic rings. The van der Waals surface area contributed by atoms with Crippen molar-refractivity contribution >= 4 is 17.6 Å². The fourth-order valence-electron chi connectivity index (χ4n) is 1.22. The highest BCUT2D eigenvalue weighted by atomic mass is 16.2. The normalized spacial score (nSPS) is 15.4. The molecule has 70 valence electrons. The lowest BCUT2D eigenvalue weighted by Gasteiger charge is -2.11. The third-order valence-electron chi connectivity index (χ3n) is 1.93. The van der Waals surface area contributed by atoms with Gasteiger partial charge in [-0.2, -0.15) is 0 Å². The van der Waals surface area contributed by atoms with E-state index >= 15 is 0 Å². The van der Waals surface area contributed by atoms with E-state index in [0.717, 1.165) is 10.5 Å². The second-order valence-electron chi connectivity index (χ2n) is 3.04. The molecular formula is C10H8N2O2.